The van der Waals surface area contributed by atoms with Crippen molar-refractivity contribution in [3.63, 3.8) is 0 Å². The largest absolute Gasteiger partial charge is 0.350 e. The van der Waals surface area contributed by atoms with Crippen LogP contribution in [0.25, 0.3) is 12.2 Å². The van der Waals surface area contributed by atoms with E-state index in [4.69, 9.17) is 23.2 Å². The Hall–Kier alpha value is -2.56. The molecule has 0 aliphatic heterocycles. The molecular weight excluding hydrogens is 503 g/mol. The molecule has 2 aromatic carbocycles. The van der Waals surface area contributed by atoms with Gasteiger partial charge >= 0.3 is 0 Å². The molecule has 0 heterocycles. The number of carbonyl (C=O) groups is 2. The molecule has 2 saturated carbocycles. The molecule has 4 nitrogen and oxygen atoms in total. The first-order chi connectivity index (χ1) is 17.9. The molecule has 0 radical (unpaired) electrons. The van der Waals surface area contributed by atoms with E-state index in [9.17, 15) is 9.59 Å². The monoisotopic (exact) mass is 538 g/mol. The molecule has 2 aliphatic carbocycles. The minimum Gasteiger partial charge on any atom is -0.350 e. The van der Waals surface area contributed by atoms with E-state index in [2.05, 4.69) is 10.6 Å². The van der Waals surface area contributed by atoms with Crippen LogP contribution in [0.15, 0.2) is 60.7 Å². The first-order valence-corrected chi connectivity index (χ1v) is 14.2. The van der Waals surface area contributed by atoms with Crippen LogP contribution in [0, 0.1) is 11.8 Å². The Bertz CT molecular complexity index is 992. The molecule has 2 amide bonds. The van der Waals surface area contributed by atoms with Crippen molar-refractivity contribution in [2.45, 2.75) is 69.9 Å². The predicted molar refractivity (Wildman–Crippen MR) is 153 cm³/mol. The van der Waals surface area contributed by atoms with Crippen LogP contribution in [0.3, 0.4) is 0 Å². The van der Waals surface area contributed by atoms with Gasteiger partial charge in [-0.25, -0.2) is 0 Å². The molecule has 0 saturated heterocycles. The van der Waals surface area contributed by atoms with Crippen LogP contribution in [-0.4, -0.2) is 23.9 Å². The SMILES string of the molecule is O=C(C=Cc1ccc(Cl)cc1)NC1CCC(CC2CCC(NC(=O)C=Cc3ccc(Cl)cc3)CC2)CC1. The van der Waals surface area contributed by atoms with Crippen molar-refractivity contribution in [1.29, 1.82) is 0 Å². The molecule has 2 fully saturated rings. The van der Waals surface area contributed by atoms with Crippen LogP contribution in [0.1, 0.15) is 68.9 Å². The fourth-order valence-corrected chi connectivity index (χ4v) is 5.80. The van der Waals surface area contributed by atoms with Crippen molar-refractivity contribution in [3.05, 3.63) is 81.9 Å². The second-order valence-corrected chi connectivity index (χ2v) is 11.3. The van der Waals surface area contributed by atoms with Crippen molar-refractivity contribution in [3.8, 4) is 0 Å². The number of halogens is 2. The first-order valence-electron chi connectivity index (χ1n) is 13.4. The summed E-state index contributed by atoms with van der Waals surface area (Å²) < 4.78 is 0. The zero-order valence-electron chi connectivity index (χ0n) is 21.2. The molecule has 0 unspecified atom stereocenters. The molecule has 4 rings (SSSR count). The fraction of sp³-hybridized carbons (Fsp3) is 0.419. The number of hydrogen-bond donors (Lipinski definition) is 2. The minimum absolute atomic E-state index is 0.0261. The summed E-state index contributed by atoms with van der Waals surface area (Å²) in [5.41, 5.74) is 1.93. The molecule has 37 heavy (non-hydrogen) atoms. The van der Waals surface area contributed by atoms with E-state index in [-0.39, 0.29) is 23.9 Å². The lowest BCUT2D eigenvalue weighted by molar-refractivity contribution is -0.118. The van der Waals surface area contributed by atoms with Gasteiger partial charge in [0, 0.05) is 34.3 Å². The van der Waals surface area contributed by atoms with Crippen LogP contribution < -0.4 is 10.6 Å². The summed E-state index contributed by atoms with van der Waals surface area (Å²) in [7, 11) is 0. The highest BCUT2D eigenvalue weighted by molar-refractivity contribution is 6.30. The zero-order valence-corrected chi connectivity index (χ0v) is 22.7. The van der Waals surface area contributed by atoms with Crippen molar-refractivity contribution < 1.29 is 9.59 Å². The van der Waals surface area contributed by atoms with Gasteiger partial charge in [0.25, 0.3) is 0 Å². The van der Waals surface area contributed by atoms with Gasteiger partial charge in [0.2, 0.25) is 11.8 Å². The van der Waals surface area contributed by atoms with Crippen molar-refractivity contribution in [2.24, 2.45) is 11.8 Å². The second kappa shape index (κ2) is 13.8. The second-order valence-electron chi connectivity index (χ2n) is 10.5. The van der Waals surface area contributed by atoms with Gasteiger partial charge in [-0.3, -0.25) is 9.59 Å². The molecule has 2 aromatic rings. The predicted octanol–water partition coefficient (Wildman–Crippen LogP) is 7.46. The molecule has 0 spiro atoms. The van der Waals surface area contributed by atoms with E-state index in [0.717, 1.165) is 48.6 Å². The van der Waals surface area contributed by atoms with E-state index >= 15 is 0 Å². The molecule has 2 aliphatic rings. The maximum absolute atomic E-state index is 12.3. The summed E-state index contributed by atoms with van der Waals surface area (Å²) in [4.78, 5) is 24.6. The van der Waals surface area contributed by atoms with E-state index in [1.807, 2.05) is 60.7 Å². The summed E-state index contributed by atoms with van der Waals surface area (Å²) in [5, 5.41) is 7.72. The van der Waals surface area contributed by atoms with Crippen molar-refractivity contribution >= 4 is 47.2 Å². The first kappa shape index (κ1) is 27.5. The number of nitrogens with one attached hydrogen (secondary N) is 2. The van der Waals surface area contributed by atoms with Gasteiger partial charge in [0.1, 0.15) is 0 Å². The normalized spacial score (nSPS) is 24.3. The molecule has 0 bridgehead atoms. The molecular formula is C31H36Cl2N2O2. The van der Waals surface area contributed by atoms with E-state index in [1.165, 1.54) is 32.1 Å². The van der Waals surface area contributed by atoms with Crippen LogP contribution in [0.4, 0.5) is 0 Å². The van der Waals surface area contributed by atoms with Crippen molar-refractivity contribution in [2.75, 3.05) is 0 Å². The van der Waals surface area contributed by atoms with Crippen LogP contribution in [-0.2, 0) is 9.59 Å². The number of hydrogen-bond acceptors (Lipinski definition) is 2. The Morgan fingerprint density at radius 3 is 1.32 bits per heavy atom. The van der Waals surface area contributed by atoms with E-state index in [0.29, 0.717) is 10.0 Å². The highest BCUT2D eigenvalue weighted by atomic mass is 35.5. The third-order valence-electron chi connectivity index (χ3n) is 7.65. The highest BCUT2D eigenvalue weighted by Crippen LogP contribution is 2.35. The topological polar surface area (TPSA) is 58.2 Å². The number of rotatable bonds is 8. The molecule has 0 aromatic heterocycles. The lowest BCUT2D eigenvalue weighted by Crippen LogP contribution is -2.38. The van der Waals surface area contributed by atoms with Gasteiger partial charge in [-0.05, 0) is 117 Å². The molecule has 6 heteroatoms. The quantitative estimate of drug-likeness (QED) is 0.342. The van der Waals surface area contributed by atoms with Gasteiger partial charge < -0.3 is 10.6 Å². The van der Waals surface area contributed by atoms with Crippen molar-refractivity contribution in [1.82, 2.24) is 10.6 Å². The number of benzene rings is 2. The lowest BCUT2D eigenvalue weighted by Gasteiger charge is -2.34. The Kier molecular flexibility index (Phi) is 10.3. The summed E-state index contributed by atoms with van der Waals surface area (Å²) in [6, 6.07) is 15.4. The van der Waals surface area contributed by atoms with Gasteiger partial charge in [-0.15, -0.1) is 0 Å². The van der Waals surface area contributed by atoms with Crippen LogP contribution in [0.5, 0.6) is 0 Å². The average Bonchev–Trinajstić information content (AvgIpc) is 2.90. The van der Waals surface area contributed by atoms with Gasteiger partial charge in [0.15, 0.2) is 0 Å². The van der Waals surface area contributed by atoms with Gasteiger partial charge in [-0.2, -0.15) is 0 Å². The standard InChI is InChI=1S/C31H36Cl2N2O2/c32-26-11-1-22(2-12-26)9-19-30(36)34-28-15-5-24(6-16-28)21-25-7-17-29(18-8-25)35-31(37)20-10-23-3-13-27(33)14-4-23/h1-4,9-14,19-20,24-25,28-29H,5-8,15-18,21H2,(H,34,36)(H,35,37). The smallest absolute Gasteiger partial charge is 0.244 e. The number of carbonyl (C=O) groups excluding carboxylic acids is 2. The van der Waals surface area contributed by atoms with Gasteiger partial charge in [0.05, 0.1) is 0 Å². The lowest BCUT2D eigenvalue weighted by atomic mass is 9.75. The molecule has 0 atom stereocenters. The fourth-order valence-electron chi connectivity index (χ4n) is 5.55. The summed E-state index contributed by atoms with van der Waals surface area (Å²) >= 11 is 11.8. The molecule has 196 valence electrons. The summed E-state index contributed by atoms with van der Waals surface area (Å²) in [6.07, 6.45) is 17.1. The molecule has 2 N–H and O–H groups in total. The Labute approximate surface area is 230 Å². The minimum atomic E-state index is -0.0261. The summed E-state index contributed by atoms with van der Waals surface area (Å²) in [5.74, 6) is 1.44. The zero-order chi connectivity index (χ0) is 26.0. The third-order valence-corrected chi connectivity index (χ3v) is 8.15. The van der Waals surface area contributed by atoms with Crippen LogP contribution >= 0.6 is 23.2 Å². The maximum atomic E-state index is 12.3. The Balaban J connectivity index is 1.10. The van der Waals surface area contributed by atoms with Crippen LogP contribution in [0.2, 0.25) is 10.0 Å². The van der Waals surface area contributed by atoms with Gasteiger partial charge in [-0.1, -0.05) is 47.5 Å². The summed E-state index contributed by atoms with van der Waals surface area (Å²) in [6.45, 7) is 0. The Morgan fingerprint density at radius 1 is 0.622 bits per heavy atom. The highest BCUT2D eigenvalue weighted by Gasteiger charge is 2.27. The van der Waals surface area contributed by atoms with E-state index in [1.54, 1.807) is 12.2 Å². The average molecular weight is 540 g/mol. The maximum Gasteiger partial charge on any atom is 0.244 e. The van der Waals surface area contributed by atoms with E-state index < -0.39 is 0 Å². The third kappa shape index (κ3) is 9.36. The number of amides is 2. The Morgan fingerprint density at radius 2 is 0.973 bits per heavy atom.